The van der Waals surface area contributed by atoms with Crippen LogP contribution in [0.2, 0.25) is 0 Å². The van der Waals surface area contributed by atoms with Crippen molar-refractivity contribution in [2.45, 2.75) is 33.6 Å². The van der Waals surface area contributed by atoms with Crippen molar-refractivity contribution in [3.05, 3.63) is 0 Å². The van der Waals surface area contributed by atoms with Crippen molar-refractivity contribution in [3.8, 4) is 0 Å². The van der Waals surface area contributed by atoms with E-state index in [0.29, 0.717) is 25.4 Å². The molecule has 0 saturated heterocycles. The molecule has 4 nitrogen and oxygen atoms in total. The van der Waals surface area contributed by atoms with Crippen LogP contribution in [0.3, 0.4) is 0 Å². The first-order valence-electron chi connectivity index (χ1n) is 6.07. The van der Waals surface area contributed by atoms with E-state index in [1.807, 2.05) is 6.92 Å². The molecule has 0 fully saturated rings. The summed E-state index contributed by atoms with van der Waals surface area (Å²) in [5.41, 5.74) is 5.63. The van der Waals surface area contributed by atoms with Crippen LogP contribution in [-0.4, -0.2) is 30.7 Å². The summed E-state index contributed by atoms with van der Waals surface area (Å²) in [5.74, 6) is 0.990. The van der Waals surface area contributed by atoms with Gasteiger partial charge in [0.15, 0.2) is 0 Å². The van der Waals surface area contributed by atoms with Gasteiger partial charge in [-0.2, -0.15) is 0 Å². The van der Waals surface area contributed by atoms with Gasteiger partial charge in [-0.15, -0.1) is 0 Å². The summed E-state index contributed by atoms with van der Waals surface area (Å²) in [5, 5.41) is 11.6. The smallest absolute Gasteiger partial charge is 0.220 e. The SMILES string of the molecule is CC(C)CC(CN)CC(=O)NCC(C)CO. The van der Waals surface area contributed by atoms with E-state index in [1.54, 1.807) is 0 Å². The van der Waals surface area contributed by atoms with E-state index in [-0.39, 0.29) is 24.3 Å². The van der Waals surface area contributed by atoms with Crippen LogP contribution in [0.5, 0.6) is 0 Å². The van der Waals surface area contributed by atoms with E-state index in [0.717, 1.165) is 6.42 Å². The molecule has 1 amide bonds. The van der Waals surface area contributed by atoms with Crippen molar-refractivity contribution in [3.63, 3.8) is 0 Å². The Bertz CT molecular complexity index is 195. The maximum absolute atomic E-state index is 11.6. The van der Waals surface area contributed by atoms with E-state index in [4.69, 9.17) is 10.8 Å². The number of amides is 1. The molecule has 0 aliphatic carbocycles. The Morgan fingerprint density at radius 1 is 1.38 bits per heavy atom. The van der Waals surface area contributed by atoms with Gasteiger partial charge in [0.1, 0.15) is 0 Å². The Kier molecular flexibility index (Phi) is 8.21. The molecule has 0 radical (unpaired) electrons. The molecule has 0 saturated carbocycles. The van der Waals surface area contributed by atoms with Crippen LogP contribution < -0.4 is 11.1 Å². The first kappa shape index (κ1) is 15.4. The number of nitrogens with one attached hydrogen (secondary N) is 1. The largest absolute Gasteiger partial charge is 0.396 e. The Hall–Kier alpha value is -0.610. The molecule has 0 aromatic heterocycles. The minimum absolute atomic E-state index is 0.0383. The molecule has 0 aromatic rings. The molecule has 0 bridgehead atoms. The third-order valence-corrected chi connectivity index (χ3v) is 2.57. The molecule has 0 aliphatic heterocycles. The molecule has 0 spiro atoms. The van der Waals surface area contributed by atoms with Gasteiger partial charge in [-0.25, -0.2) is 0 Å². The number of aliphatic hydroxyl groups excluding tert-OH is 1. The Morgan fingerprint density at radius 3 is 2.44 bits per heavy atom. The van der Waals surface area contributed by atoms with Gasteiger partial charge in [0.2, 0.25) is 5.91 Å². The first-order chi connectivity index (χ1) is 7.49. The quantitative estimate of drug-likeness (QED) is 0.576. The van der Waals surface area contributed by atoms with Crippen LogP contribution in [0.1, 0.15) is 33.6 Å². The zero-order valence-electron chi connectivity index (χ0n) is 10.7. The van der Waals surface area contributed by atoms with E-state index in [9.17, 15) is 4.79 Å². The van der Waals surface area contributed by atoms with Crippen molar-refractivity contribution in [1.29, 1.82) is 0 Å². The van der Waals surface area contributed by atoms with Gasteiger partial charge in [0.25, 0.3) is 0 Å². The third-order valence-electron chi connectivity index (χ3n) is 2.57. The number of carbonyl (C=O) groups is 1. The normalized spacial score (nSPS) is 14.9. The van der Waals surface area contributed by atoms with Crippen LogP contribution in [0.25, 0.3) is 0 Å². The molecular weight excluding hydrogens is 204 g/mol. The van der Waals surface area contributed by atoms with Gasteiger partial charge in [-0.3, -0.25) is 4.79 Å². The second kappa shape index (κ2) is 8.53. The highest BCUT2D eigenvalue weighted by Gasteiger charge is 2.14. The molecule has 0 aromatic carbocycles. The molecule has 16 heavy (non-hydrogen) atoms. The lowest BCUT2D eigenvalue weighted by Crippen LogP contribution is -2.32. The summed E-state index contributed by atoms with van der Waals surface area (Å²) in [6, 6.07) is 0. The lowest BCUT2D eigenvalue weighted by molar-refractivity contribution is -0.122. The number of hydrogen-bond acceptors (Lipinski definition) is 3. The average Bonchev–Trinajstić information content (AvgIpc) is 2.24. The molecule has 4 N–H and O–H groups in total. The number of carbonyl (C=O) groups excluding carboxylic acids is 1. The fraction of sp³-hybridized carbons (Fsp3) is 0.917. The van der Waals surface area contributed by atoms with Crippen LogP contribution in [0, 0.1) is 17.8 Å². The summed E-state index contributed by atoms with van der Waals surface area (Å²) >= 11 is 0. The molecule has 0 rings (SSSR count). The number of aliphatic hydroxyl groups is 1. The van der Waals surface area contributed by atoms with E-state index < -0.39 is 0 Å². The fourth-order valence-corrected chi connectivity index (χ4v) is 1.62. The highest BCUT2D eigenvalue weighted by Crippen LogP contribution is 2.13. The zero-order valence-corrected chi connectivity index (χ0v) is 10.7. The maximum atomic E-state index is 11.6. The van der Waals surface area contributed by atoms with E-state index in [2.05, 4.69) is 19.2 Å². The Labute approximate surface area is 98.6 Å². The van der Waals surface area contributed by atoms with E-state index >= 15 is 0 Å². The van der Waals surface area contributed by atoms with Crippen molar-refractivity contribution < 1.29 is 9.90 Å². The molecule has 0 heterocycles. The molecule has 2 atom stereocenters. The highest BCUT2D eigenvalue weighted by molar-refractivity contribution is 5.76. The second-order valence-electron chi connectivity index (χ2n) is 5.03. The molecule has 4 heteroatoms. The maximum Gasteiger partial charge on any atom is 0.220 e. The fourth-order valence-electron chi connectivity index (χ4n) is 1.62. The topological polar surface area (TPSA) is 75.4 Å². The lowest BCUT2D eigenvalue weighted by Gasteiger charge is -2.17. The predicted octanol–water partition coefficient (Wildman–Crippen LogP) is 0.742. The average molecular weight is 230 g/mol. The van der Waals surface area contributed by atoms with Crippen molar-refractivity contribution in [1.82, 2.24) is 5.32 Å². The third kappa shape index (κ3) is 7.65. The van der Waals surface area contributed by atoms with Crippen LogP contribution in [0.15, 0.2) is 0 Å². The van der Waals surface area contributed by atoms with Crippen LogP contribution >= 0.6 is 0 Å². The minimum atomic E-state index is 0.0383. The summed E-state index contributed by atoms with van der Waals surface area (Å²) in [4.78, 5) is 11.6. The molecule has 2 unspecified atom stereocenters. The molecular formula is C12H26N2O2. The Morgan fingerprint density at radius 2 is 2.00 bits per heavy atom. The number of nitrogens with two attached hydrogens (primary N) is 1. The lowest BCUT2D eigenvalue weighted by atomic mass is 9.94. The van der Waals surface area contributed by atoms with Gasteiger partial charge in [-0.1, -0.05) is 20.8 Å². The van der Waals surface area contributed by atoms with Gasteiger partial charge in [0, 0.05) is 19.6 Å². The molecule has 0 aliphatic rings. The predicted molar refractivity (Wildman–Crippen MR) is 65.9 cm³/mol. The monoisotopic (exact) mass is 230 g/mol. The number of hydrogen-bond donors (Lipinski definition) is 3. The van der Waals surface area contributed by atoms with Gasteiger partial charge in [-0.05, 0) is 30.7 Å². The summed E-state index contributed by atoms with van der Waals surface area (Å²) in [6.45, 7) is 7.36. The summed E-state index contributed by atoms with van der Waals surface area (Å²) < 4.78 is 0. The van der Waals surface area contributed by atoms with E-state index in [1.165, 1.54) is 0 Å². The highest BCUT2D eigenvalue weighted by atomic mass is 16.3. The standard InChI is InChI=1S/C12H26N2O2/c1-9(2)4-11(6-13)5-12(16)14-7-10(3)8-15/h9-11,15H,4-8,13H2,1-3H3,(H,14,16). The minimum Gasteiger partial charge on any atom is -0.396 e. The Balaban J connectivity index is 3.82. The van der Waals surface area contributed by atoms with Crippen LogP contribution in [-0.2, 0) is 4.79 Å². The summed E-state index contributed by atoms with van der Waals surface area (Å²) in [6.07, 6.45) is 1.48. The first-order valence-corrected chi connectivity index (χ1v) is 6.07. The van der Waals surface area contributed by atoms with Gasteiger partial charge in [0.05, 0.1) is 0 Å². The van der Waals surface area contributed by atoms with Crippen molar-refractivity contribution in [2.24, 2.45) is 23.5 Å². The van der Waals surface area contributed by atoms with Gasteiger partial charge >= 0.3 is 0 Å². The van der Waals surface area contributed by atoms with Crippen molar-refractivity contribution in [2.75, 3.05) is 19.7 Å². The van der Waals surface area contributed by atoms with Crippen molar-refractivity contribution >= 4 is 5.91 Å². The van der Waals surface area contributed by atoms with Crippen LogP contribution in [0.4, 0.5) is 0 Å². The van der Waals surface area contributed by atoms with Gasteiger partial charge < -0.3 is 16.2 Å². The molecule has 96 valence electrons. The summed E-state index contributed by atoms with van der Waals surface area (Å²) in [7, 11) is 0. The second-order valence-corrected chi connectivity index (χ2v) is 5.03. The zero-order chi connectivity index (χ0) is 12.6. The number of rotatable bonds is 8.